The lowest BCUT2D eigenvalue weighted by Crippen LogP contribution is -2.40. The summed E-state index contributed by atoms with van der Waals surface area (Å²) in [5, 5.41) is 3.28. The van der Waals surface area contributed by atoms with Gasteiger partial charge in [-0.15, -0.1) is 0 Å². The Morgan fingerprint density at radius 1 is 1.56 bits per heavy atom. The number of likely N-dealkylation sites (tertiary alicyclic amines) is 1. The maximum Gasteiger partial charge on any atom is 0.267 e. The first-order valence-electron chi connectivity index (χ1n) is 6.16. The van der Waals surface area contributed by atoms with E-state index in [4.69, 9.17) is 0 Å². The molecule has 1 aliphatic rings. The third-order valence-electron chi connectivity index (χ3n) is 3.67. The van der Waals surface area contributed by atoms with Crippen LogP contribution in [-0.2, 0) is 0 Å². The predicted octanol–water partition coefficient (Wildman–Crippen LogP) is 1.68. The summed E-state index contributed by atoms with van der Waals surface area (Å²) in [5.41, 5.74) is 0.122. The van der Waals surface area contributed by atoms with Gasteiger partial charge in [0.15, 0.2) is 0 Å². The summed E-state index contributed by atoms with van der Waals surface area (Å²) in [5.74, 6) is 0.624. The Morgan fingerprint density at radius 2 is 2.22 bits per heavy atom. The SMILES string of the molecule is CN1CCC(C)(CNc2nc[nH]c(=O)c2Br)CC1. The van der Waals surface area contributed by atoms with Crippen LogP contribution in [0.2, 0.25) is 0 Å². The fourth-order valence-electron chi connectivity index (χ4n) is 2.14. The molecular formula is C12H19BrN4O. The van der Waals surface area contributed by atoms with E-state index in [-0.39, 0.29) is 11.0 Å². The summed E-state index contributed by atoms with van der Waals surface area (Å²) in [4.78, 5) is 20.5. The van der Waals surface area contributed by atoms with Gasteiger partial charge in [-0.3, -0.25) is 4.79 Å². The highest BCUT2D eigenvalue weighted by atomic mass is 79.9. The molecule has 6 heteroatoms. The number of hydrogen-bond donors (Lipinski definition) is 2. The van der Waals surface area contributed by atoms with Crippen molar-refractivity contribution in [1.82, 2.24) is 14.9 Å². The summed E-state index contributed by atoms with van der Waals surface area (Å²) >= 11 is 3.26. The molecule has 2 N–H and O–H groups in total. The minimum Gasteiger partial charge on any atom is -0.368 e. The second-order valence-electron chi connectivity index (χ2n) is 5.36. The van der Waals surface area contributed by atoms with Gasteiger partial charge < -0.3 is 15.2 Å². The highest BCUT2D eigenvalue weighted by Gasteiger charge is 2.28. The van der Waals surface area contributed by atoms with E-state index in [9.17, 15) is 4.79 Å². The monoisotopic (exact) mass is 314 g/mol. The molecule has 0 spiro atoms. The Bertz CT molecular complexity index is 465. The van der Waals surface area contributed by atoms with Crippen LogP contribution in [0.15, 0.2) is 15.6 Å². The van der Waals surface area contributed by atoms with Crippen molar-refractivity contribution in [3.05, 3.63) is 21.2 Å². The average Bonchev–Trinajstić information content (AvgIpc) is 2.35. The Kier molecular flexibility index (Phi) is 4.07. The molecule has 2 heterocycles. The van der Waals surface area contributed by atoms with Gasteiger partial charge in [0.05, 0.1) is 6.33 Å². The molecule has 0 aliphatic carbocycles. The van der Waals surface area contributed by atoms with E-state index >= 15 is 0 Å². The molecule has 0 amide bonds. The predicted molar refractivity (Wildman–Crippen MR) is 75.9 cm³/mol. The van der Waals surface area contributed by atoms with Crippen molar-refractivity contribution >= 4 is 21.7 Å². The molecule has 1 fully saturated rings. The molecule has 18 heavy (non-hydrogen) atoms. The zero-order chi connectivity index (χ0) is 13.2. The number of aromatic nitrogens is 2. The third kappa shape index (κ3) is 3.11. The van der Waals surface area contributed by atoms with Crippen LogP contribution in [0.3, 0.4) is 0 Å². The number of nitrogens with one attached hydrogen (secondary N) is 2. The van der Waals surface area contributed by atoms with Crippen molar-refractivity contribution in [3.63, 3.8) is 0 Å². The summed E-state index contributed by atoms with van der Waals surface area (Å²) < 4.78 is 0.474. The molecule has 1 aromatic heterocycles. The van der Waals surface area contributed by atoms with E-state index < -0.39 is 0 Å². The highest BCUT2D eigenvalue weighted by Crippen LogP contribution is 2.30. The molecule has 0 radical (unpaired) electrons. The van der Waals surface area contributed by atoms with Gasteiger partial charge in [-0.25, -0.2) is 4.98 Å². The Balaban J connectivity index is 1.99. The minimum atomic E-state index is -0.152. The number of rotatable bonds is 3. The van der Waals surface area contributed by atoms with Gasteiger partial charge in [0.25, 0.3) is 5.56 Å². The zero-order valence-electron chi connectivity index (χ0n) is 10.8. The fourth-order valence-corrected chi connectivity index (χ4v) is 2.50. The number of H-pyrrole nitrogens is 1. The van der Waals surface area contributed by atoms with E-state index in [2.05, 4.69) is 50.1 Å². The number of piperidine rings is 1. The van der Waals surface area contributed by atoms with E-state index in [1.807, 2.05) is 0 Å². The molecule has 1 aromatic rings. The van der Waals surface area contributed by atoms with Crippen LogP contribution in [-0.4, -0.2) is 41.5 Å². The van der Waals surface area contributed by atoms with Crippen LogP contribution in [0.4, 0.5) is 5.82 Å². The van der Waals surface area contributed by atoms with E-state index in [0.717, 1.165) is 32.5 Å². The largest absolute Gasteiger partial charge is 0.368 e. The normalized spacial score (nSPS) is 19.7. The van der Waals surface area contributed by atoms with E-state index in [0.29, 0.717) is 10.3 Å². The molecule has 0 atom stereocenters. The van der Waals surface area contributed by atoms with Crippen molar-refractivity contribution in [1.29, 1.82) is 0 Å². The van der Waals surface area contributed by atoms with Gasteiger partial charge in [0.2, 0.25) is 0 Å². The topological polar surface area (TPSA) is 61.0 Å². The zero-order valence-corrected chi connectivity index (χ0v) is 12.4. The lowest BCUT2D eigenvalue weighted by molar-refractivity contribution is 0.150. The van der Waals surface area contributed by atoms with Gasteiger partial charge >= 0.3 is 0 Å². The van der Waals surface area contributed by atoms with Crippen LogP contribution in [0.25, 0.3) is 0 Å². The second kappa shape index (κ2) is 5.40. The first-order valence-corrected chi connectivity index (χ1v) is 6.95. The van der Waals surface area contributed by atoms with Crippen LogP contribution < -0.4 is 10.9 Å². The van der Waals surface area contributed by atoms with Crippen molar-refractivity contribution in [2.45, 2.75) is 19.8 Å². The average molecular weight is 315 g/mol. The molecule has 2 rings (SSSR count). The Morgan fingerprint density at radius 3 is 2.89 bits per heavy atom. The van der Waals surface area contributed by atoms with Gasteiger partial charge in [-0.1, -0.05) is 6.92 Å². The van der Waals surface area contributed by atoms with Crippen molar-refractivity contribution in [2.75, 3.05) is 32.0 Å². The smallest absolute Gasteiger partial charge is 0.267 e. The molecule has 0 bridgehead atoms. The molecule has 0 saturated carbocycles. The number of hydrogen-bond acceptors (Lipinski definition) is 4. The number of anilines is 1. The quantitative estimate of drug-likeness (QED) is 0.891. The minimum absolute atomic E-state index is 0.152. The summed E-state index contributed by atoms with van der Waals surface area (Å²) in [6, 6.07) is 0. The molecule has 100 valence electrons. The van der Waals surface area contributed by atoms with Crippen molar-refractivity contribution in [3.8, 4) is 0 Å². The first-order chi connectivity index (χ1) is 8.50. The fraction of sp³-hybridized carbons (Fsp3) is 0.667. The summed E-state index contributed by atoms with van der Waals surface area (Å²) in [6.07, 6.45) is 3.75. The third-order valence-corrected chi connectivity index (χ3v) is 4.41. The van der Waals surface area contributed by atoms with Crippen LogP contribution in [0, 0.1) is 5.41 Å². The first kappa shape index (κ1) is 13.5. The second-order valence-corrected chi connectivity index (χ2v) is 6.15. The van der Waals surface area contributed by atoms with E-state index in [1.54, 1.807) is 0 Å². The lowest BCUT2D eigenvalue weighted by atomic mass is 9.80. The lowest BCUT2D eigenvalue weighted by Gasteiger charge is -2.38. The summed E-state index contributed by atoms with van der Waals surface area (Å²) in [6.45, 7) is 5.38. The molecule has 0 unspecified atom stereocenters. The van der Waals surface area contributed by atoms with Crippen LogP contribution >= 0.6 is 15.9 Å². The van der Waals surface area contributed by atoms with Crippen LogP contribution in [0.5, 0.6) is 0 Å². The van der Waals surface area contributed by atoms with Crippen molar-refractivity contribution < 1.29 is 0 Å². The maximum absolute atomic E-state index is 11.4. The summed E-state index contributed by atoms with van der Waals surface area (Å²) in [7, 11) is 2.15. The van der Waals surface area contributed by atoms with Crippen LogP contribution in [0.1, 0.15) is 19.8 Å². The van der Waals surface area contributed by atoms with Crippen molar-refractivity contribution in [2.24, 2.45) is 5.41 Å². The van der Waals surface area contributed by atoms with Gasteiger partial charge in [0.1, 0.15) is 10.3 Å². The molecular weight excluding hydrogens is 296 g/mol. The highest BCUT2D eigenvalue weighted by molar-refractivity contribution is 9.10. The maximum atomic E-state index is 11.4. The Labute approximate surface area is 115 Å². The molecule has 1 saturated heterocycles. The molecule has 5 nitrogen and oxygen atoms in total. The molecule has 1 aliphatic heterocycles. The number of aromatic amines is 1. The number of halogens is 1. The number of nitrogens with zero attached hydrogens (tertiary/aromatic N) is 2. The standard InChI is InChI=1S/C12H19BrN4O/c1-12(3-5-17(2)6-4-12)7-14-10-9(13)11(18)16-8-15-10/h8H,3-7H2,1-2H3,(H2,14,15,16,18). The van der Waals surface area contributed by atoms with Gasteiger partial charge in [-0.05, 0) is 54.3 Å². The molecule has 0 aromatic carbocycles. The van der Waals surface area contributed by atoms with E-state index in [1.165, 1.54) is 6.33 Å². The van der Waals surface area contributed by atoms with Gasteiger partial charge in [-0.2, -0.15) is 0 Å². The Hall–Kier alpha value is -0.880. The van der Waals surface area contributed by atoms with Gasteiger partial charge in [0, 0.05) is 6.54 Å².